The van der Waals surface area contributed by atoms with Crippen LogP contribution in [0.15, 0.2) is 12.2 Å². The van der Waals surface area contributed by atoms with Crippen LogP contribution in [0.4, 0.5) is 0 Å². The Balaban J connectivity index is 4.07. The third-order valence-electron chi connectivity index (χ3n) is 7.57. The smallest absolute Gasteiger partial charge is 0.462 e. The van der Waals surface area contributed by atoms with E-state index in [1.165, 1.54) is 51.4 Å². The maximum atomic E-state index is 12.4. The van der Waals surface area contributed by atoms with E-state index in [-0.39, 0.29) is 25.9 Å². The van der Waals surface area contributed by atoms with E-state index in [4.69, 9.17) is 28.9 Å². The molecular formula is C36H69O8P. The Hall–Kier alpha value is -1.21. The van der Waals surface area contributed by atoms with Gasteiger partial charge in [-0.3, -0.25) is 14.1 Å². The molecule has 45 heavy (non-hydrogen) atoms. The van der Waals surface area contributed by atoms with Crippen LogP contribution in [0.25, 0.3) is 0 Å². The highest BCUT2D eigenvalue weighted by Crippen LogP contribution is 2.36. The molecule has 0 aliphatic heterocycles. The average molecular weight is 668 g/mol. The Labute approximate surface area is 285 Å². The third kappa shape index (κ3) is 35.5. The van der Waals surface area contributed by atoms with E-state index in [1.54, 1.807) is 0 Å². The van der Waals surface area contributed by atoms with Crippen molar-refractivity contribution < 1.29 is 47.5 Å². The minimum atomic E-state index is -4.80. The number of phosphoric acid groups is 1. The minimum absolute atomic E-state index is 0.126. The van der Waals surface area contributed by atoms with Crippen molar-refractivity contribution in [2.24, 2.45) is 0 Å². The van der Waals surface area contributed by atoms with E-state index in [1.807, 2.05) is 0 Å². The molecule has 0 saturated carbocycles. The molecule has 0 aliphatic rings. The standard InChI is InChI=1S/C36H69O8P/c1-3-5-7-9-11-13-15-17-18-19-21-23-25-27-29-31-36(38)44-34(33-43-45(39,40)41)32-42-35(37)30-28-26-24-22-20-16-14-12-10-8-6-4-2/h17-18,34H,3-16,19-33H2,1-2H3,(H2,39,40,41)/b18-17-/t34-/m1/s1/i1D3,3D2,5D2. The van der Waals surface area contributed by atoms with Crippen molar-refractivity contribution in [3.05, 3.63) is 12.2 Å². The summed E-state index contributed by atoms with van der Waals surface area (Å²) in [6, 6.07) is 0. The number of esters is 2. The number of rotatable bonds is 34. The summed E-state index contributed by atoms with van der Waals surface area (Å²) >= 11 is 0. The number of carbonyl (C=O) groups excluding carboxylic acids is 2. The van der Waals surface area contributed by atoms with Gasteiger partial charge in [0.15, 0.2) is 6.10 Å². The first-order valence-electron chi connectivity index (χ1n) is 21.1. The molecule has 0 saturated heterocycles. The van der Waals surface area contributed by atoms with Gasteiger partial charge < -0.3 is 19.3 Å². The number of carbonyl (C=O) groups is 2. The highest BCUT2D eigenvalue weighted by molar-refractivity contribution is 7.46. The van der Waals surface area contributed by atoms with Crippen molar-refractivity contribution in [1.82, 2.24) is 0 Å². The summed E-state index contributed by atoms with van der Waals surface area (Å²) in [6.45, 7) is -1.71. The van der Waals surface area contributed by atoms with Gasteiger partial charge in [0.25, 0.3) is 0 Å². The summed E-state index contributed by atoms with van der Waals surface area (Å²) in [6.07, 6.45) is 20.0. The van der Waals surface area contributed by atoms with E-state index in [0.717, 1.165) is 64.2 Å². The fraction of sp³-hybridized carbons (Fsp3) is 0.889. The molecule has 0 aromatic heterocycles. The summed E-state index contributed by atoms with van der Waals surface area (Å²) in [5, 5.41) is 0. The zero-order chi connectivity index (χ0) is 39.4. The quantitative estimate of drug-likeness (QED) is 0.0301. The summed E-state index contributed by atoms with van der Waals surface area (Å²) in [5.41, 5.74) is 0. The molecule has 0 aromatic rings. The van der Waals surface area contributed by atoms with E-state index in [2.05, 4.69) is 23.6 Å². The van der Waals surface area contributed by atoms with Crippen LogP contribution in [0.5, 0.6) is 0 Å². The van der Waals surface area contributed by atoms with Gasteiger partial charge in [0.05, 0.1) is 6.61 Å². The number of ether oxygens (including phenoxy) is 2. The van der Waals surface area contributed by atoms with Gasteiger partial charge in [0, 0.05) is 22.4 Å². The molecule has 8 nitrogen and oxygen atoms in total. The zero-order valence-electron chi connectivity index (χ0n) is 35.1. The van der Waals surface area contributed by atoms with Crippen molar-refractivity contribution in [3.63, 3.8) is 0 Å². The summed E-state index contributed by atoms with van der Waals surface area (Å²) in [4.78, 5) is 42.7. The van der Waals surface area contributed by atoms with Crippen LogP contribution in [-0.2, 0) is 28.2 Å². The number of hydrogen-bond acceptors (Lipinski definition) is 6. The van der Waals surface area contributed by atoms with Crippen molar-refractivity contribution in [2.75, 3.05) is 13.2 Å². The van der Waals surface area contributed by atoms with Gasteiger partial charge in [-0.05, 0) is 38.5 Å². The molecular weight excluding hydrogens is 591 g/mol. The molecule has 266 valence electrons. The predicted molar refractivity (Wildman–Crippen MR) is 184 cm³/mol. The lowest BCUT2D eigenvalue weighted by Gasteiger charge is -2.18. The number of unbranched alkanes of at least 4 members (excludes halogenated alkanes) is 19. The van der Waals surface area contributed by atoms with E-state index < -0.39 is 52.1 Å². The SMILES string of the molecule is [2H]C([2H])([2H])C([2H])([2H])C([2H])([2H])CCCCC/C=C\CCCCCCCC(=O)O[C@H](COC(=O)CCCCCCCCCCCCCC)COP(=O)(O)O. The maximum absolute atomic E-state index is 12.4. The summed E-state index contributed by atoms with van der Waals surface area (Å²) in [7, 11) is -4.80. The second-order valence-electron chi connectivity index (χ2n) is 11.9. The van der Waals surface area contributed by atoms with Crippen LogP contribution in [0, 0.1) is 0 Å². The average Bonchev–Trinajstić information content (AvgIpc) is 3.05. The van der Waals surface area contributed by atoms with Crippen molar-refractivity contribution in [3.8, 4) is 0 Å². The lowest BCUT2D eigenvalue weighted by Crippen LogP contribution is -2.29. The predicted octanol–water partition coefficient (Wildman–Crippen LogP) is 10.7. The van der Waals surface area contributed by atoms with Gasteiger partial charge in [0.1, 0.15) is 6.61 Å². The van der Waals surface area contributed by atoms with Crippen molar-refractivity contribution in [2.45, 2.75) is 193 Å². The Bertz CT molecular complexity index is 1010. The molecule has 0 aromatic carbocycles. The van der Waals surface area contributed by atoms with Gasteiger partial charge in [-0.2, -0.15) is 0 Å². The molecule has 0 spiro atoms. The second-order valence-corrected chi connectivity index (χ2v) is 13.1. The molecule has 0 amide bonds. The first-order valence-corrected chi connectivity index (χ1v) is 19.2. The molecule has 9 heteroatoms. The molecule has 0 radical (unpaired) electrons. The summed E-state index contributed by atoms with van der Waals surface area (Å²) in [5.74, 6) is -0.997. The highest BCUT2D eigenvalue weighted by Gasteiger charge is 2.22. The van der Waals surface area contributed by atoms with Crippen molar-refractivity contribution in [1.29, 1.82) is 0 Å². The van der Waals surface area contributed by atoms with E-state index >= 15 is 0 Å². The topological polar surface area (TPSA) is 119 Å². The number of phosphoric ester groups is 1. The first kappa shape index (κ1) is 32.3. The molecule has 0 heterocycles. The molecule has 2 N–H and O–H groups in total. The van der Waals surface area contributed by atoms with Crippen LogP contribution >= 0.6 is 7.82 Å². The molecule has 0 aliphatic carbocycles. The highest BCUT2D eigenvalue weighted by atomic mass is 31.2. The third-order valence-corrected chi connectivity index (χ3v) is 8.06. The summed E-state index contributed by atoms with van der Waals surface area (Å²) < 4.78 is 79.0. The van der Waals surface area contributed by atoms with Gasteiger partial charge >= 0.3 is 19.8 Å². The largest absolute Gasteiger partial charge is 0.469 e. The van der Waals surface area contributed by atoms with Crippen LogP contribution in [0.3, 0.4) is 0 Å². The fourth-order valence-electron chi connectivity index (χ4n) is 4.92. The van der Waals surface area contributed by atoms with Crippen LogP contribution in [-0.4, -0.2) is 41.0 Å². The molecule has 1 atom stereocenters. The second kappa shape index (κ2) is 32.7. The van der Waals surface area contributed by atoms with Gasteiger partial charge in [-0.1, -0.05) is 148 Å². The zero-order valence-corrected chi connectivity index (χ0v) is 29.0. The molecule has 0 fully saturated rings. The minimum Gasteiger partial charge on any atom is -0.462 e. The van der Waals surface area contributed by atoms with Crippen LogP contribution in [0.1, 0.15) is 197 Å². The Morgan fingerprint density at radius 1 is 0.689 bits per heavy atom. The Morgan fingerprint density at radius 2 is 1.16 bits per heavy atom. The lowest BCUT2D eigenvalue weighted by atomic mass is 10.0. The lowest BCUT2D eigenvalue weighted by molar-refractivity contribution is -0.161. The fourth-order valence-corrected chi connectivity index (χ4v) is 5.28. The monoisotopic (exact) mass is 668 g/mol. The van der Waals surface area contributed by atoms with Crippen LogP contribution < -0.4 is 0 Å². The Kier molecular flexibility index (Phi) is 23.5. The molecule has 0 unspecified atom stereocenters. The first-order chi connectivity index (χ1) is 24.4. The number of allylic oxidation sites excluding steroid dienone is 2. The molecule has 0 rings (SSSR count). The maximum Gasteiger partial charge on any atom is 0.469 e. The van der Waals surface area contributed by atoms with Crippen molar-refractivity contribution >= 4 is 19.8 Å². The van der Waals surface area contributed by atoms with Gasteiger partial charge in [0.2, 0.25) is 0 Å². The van der Waals surface area contributed by atoms with E-state index in [0.29, 0.717) is 25.7 Å². The normalized spacial score (nSPS) is 15.8. The van der Waals surface area contributed by atoms with Crippen LogP contribution in [0.2, 0.25) is 0 Å². The van der Waals surface area contributed by atoms with Gasteiger partial charge in [-0.25, -0.2) is 4.57 Å². The Morgan fingerprint density at radius 3 is 1.67 bits per heavy atom. The van der Waals surface area contributed by atoms with E-state index in [9.17, 15) is 14.2 Å². The number of hydrogen-bond donors (Lipinski definition) is 2. The van der Waals surface area contributed by atoms with Gasteiger partial charge in [-0.15, -0.1) is 0 Å². The molecule has 0 bridgehead atoms.